The van der Waals surface area contributed by atoms with Crippen LogP contribution in [0.5, 0.6) is 0 Å². The zero-order valence-corrected chi connectivity index (χ0v) is 13.7. The number of aromatic nitrogens is 1. The van der Waals surface area contributed by atoms with Crippen LogP contribution in [0.15, 0.2) is 29.8 Å². The average molecular weight is 306 g/mol. The van der Waals surface area contributed by atoms with E-state index in [1.165, 1.54) is 10.4 Å². The molecule has 0 saturated heterocycles. The van der Waals surface area contributed by atoms with Crippen molar-refractivity contribution in [1.82, 2.24) is 10.3 Å². The number of hydrogen-bond donors (Lipinski definition) is 1. The Balaban J connectivity index is 2.04. The van der Waals surface area contributed by atoms with Gasteiger partial charge in [-0.15, -0.1) is 11.3 Å². The molecule has 0 spiro atoms. The molecule has 1 unspecified atom stereocenters. The molecule has 0 radical (unpaired) electrons. The van der Waals surface area contributed by atoms with Crippen molar-refractivity contribution in [2.75, 3.05) is 6.54 Å². The number of halogens is 1. The van der Waals surface area contributed by atoms with Crippen LogP contribution in [-0.4, -0.2) is 17.6 Å². The first-order chi connectivity index (χ1) is 10.1. The summed E-state index contributed by atoms with van der Waals surface area (Å²) in [5.74, 6) is 0.224. The van der Waals surface area contributed by atoms with Gasteiger partial charge in [-0.2, -0.15) is 0 Å². The summed E-state index contributed by atoms with van der Waals surface area (Å²) >= 11 is 1.72. The van der Waals surface area contributed by atoms with E-state index >= 15 is 0 Å². The molecule has 2 nitrogen and oxygen atoms in total. The molecule has 0 fully saturated rings. The van der Waals surface area contributed by atoms with Crippen LogP contribution < -0.4 is 5.32 Å². The summed E-state index contributed by atoms with van der Waals surface area (Å²) in [4.78, 5) is 5.66. The molecule has 1 N–H and O–H groups in total. The van der Waals surface area contributed by atoms with E-state index in [4.69, 9.17) is 0 Å². The van der Waals surface area contributed by atoms with Crippen molar-refractivity contribution in [3.05, 3.63) is 51.7 Å². The summed E-state index contributed by atoms with van der Waals surface area (Å²) in [6.07, 6.45) is 2.08. The van der Waals surface area contributed by atoms with Crippen molar-refractivity contribution in [3.63, 3.8) is 0 Å². The summed E-state index contributed by atoms with van der Waals surface area (Å²) in [5, 5.41) is 3.50. The largest absolute Gasteiger partial charge is 0.314 e. The van der Waals surface area contributed by atoms with Crippen molar-refractivity contribution in [1.29, 1.82) is 0 Å². The van der Waals surface area contributed by atoms with Crippen LogP contribution in [0.4, 0.5) is 4.39 Å². The Morgan fingerprint density at radius 2 is 1.95 bits per heavy atom. The lowest BCUT2D eigenvalue weighted by Crippen LogP contribution is -2.28. The highest BCUT2D eigenvalue weighted by Gasteiger charge is 2.14. The molecular weight excluding hydrogens is 283 g/mol. The van der Waals surface area contributed by atoms with Crippen LogP contribution in [0.25, 0.3) is 0 Å². The third kappa shape index (κ3) is 4.90. The highest BCUT2D eigenvalue weighted by molar-refractivity contribution is 7.09. The Labute approximate surface area is 130 Å². The summed E-state index contributed by atoms with van der Waals surface area (Å²) in [6, 6.07) is 7.37. The van der Waals surface area contributed by atoms with Gasteiger partial charge in [-0.25, -0.2) is 9.37 Å². The van der Waals surface area contributed by atoms with Crippen LogP contribution in [-0.2, 0) is 6.42 Å². The maximum atomic E-state index is 13.1. The molecule has 0 saturated carbocycles. The van der Waals surface area contributed by atoms with Crippen molar-refractivity contribution >= 4 is 11.3 Å². The minimum atomic E-state index is -0.173. The minimum Gasteiger partial charge on any atom is -0.314 e. The molecule has 0 bridgehead atoms. The zero-order chi connectivity index (χ0) is 15.2. The van der Waals surface area contributed by atoms with Gasteiger partial charge in [0.2, 0.25) is 0 Å². The van der Waals surface area contributed by atoms with E-state index in [0.717, 1.165) is 25.1 Å². The van der Waals surface area contributed by atoms with Crippen LogP contribution in [0.3, 0.4) is 0 Å². The Morgan fingerprint density at radius 1 is 1.24 bits per heavy atom. The first kappa shape index (κ1) is 16.1. The van der Waals surface area contributed by atoms with E-state index in [0.29, 0.717) is 12.0 Å². The predicted octanol–water partition coefficient (Wildman–Crippen LogP) is 4.31. The van der Waals surface area contributed by atoms with Crippen molar-refractivity contribution in [2.24, 2.45) is 0 Å². The van der Waals surface area contributed by atoms with Crippen molar-refractivity contribution in [3.8, 4) is 0 Å². The summed E-state index contributed by atoms with van der Waals surface area (Å²) in [7, 11) is 0. The van der Waals surface area contributed by atoms with Gasteiger partial charge in [-0.3, -0.25) is 0 Å². The second-order valence-electron chi connectivity index (χ2n) is 5.71. The summed E-state index contributed by atoms with van der Waals surface area (Å²) in [6.45, 7) is 7.27. The first-order valence-electron chi connectivity index (χ1n) is 7.44. The fourth-order valence-corrected chi connectivity index (χ4v) is 3.17. The second-order valence-corrected chi connectivity index (χ2v) is 6.65. The molecule has 2 aromatic rings. The number of rotatable bonds is 7. The van der Waals surface area contributed by atoms with Gasteiger partial charge in [0.1, 0.15) is 5.82 Å². The first-order valence-corrected chi connectivity index (χ1v) is 8.32. The van der Waals surface area contributed by atoms with Gasteiger partial charge in [0, 0.05) is 17.5 Å². The molecule has 1 heterocycles. The van der Waals surface area contributed by atoms with Gasteiger partial charge < -0.3 is 5.32 Å². The van der Waals surface area contributed by atoms with E-state index in [9.17, 15) is 4.39 Å². The van der Waals surface area contributed by atoms with Gasteiger partial charge in [0.25, 0.3) is 0 Å². The van der Waals surface area contributed by atoms with Crippen LogP contribution in [0, 0.1) is 12.7 Å². The second kappa shape index (κ2) is 7.66. The van der Waals surface area contributed by atoms with Crippen LogP contribution in [0.1, 0.15) is 42.3 Å². The highest BCUT2D eigenvalue weighted by atomic mass is 32.1. The lowest BCUT2D eigenvalue weighted by molar-refractivity contribution is 0.508. The maximum Gasteiger partial charge on any atom is 0.123 e. The monoisotopic (exact) mass is 306 g/mol. The Bertz CT molecular complexity index is 548. The Morgan fingerprint density at radius 3 is 2.52 bits per heavy atom. The topological polar surface area (TPSA) is 24.9 Å². The average Bonchev–Trinajstić information content (AvgIpc) is 2.85. The van der Waals surface area contributed by atoms with Crippen LogP contribution >= 0.6 is 11.3 Å². The molecule has 1 atom stereocenters. The highest BCUT2D eigenvalue weighted by Crippen LogP contribution is 2.24. The van der Waals surface area contributed by atoms with Crippen molar-refractivity contribution < 1.29 is 4.39 Å². The molecule has 0 aliphatic rings. The van der Waals surface area contributed by atoms with Gasteiger partial charge in [-0.1, -0.05) is 26.0 Å². The Kier molecular flexibility index (Phi) is 5.88. The van der Waals surface area contributed by atoms with Gasteiger partial charge in [-0.05, 0) is 43.4 Å². The fraction of sp³-hybridized carbons (Fsp3) is 0.471. The fourth-order valence-electron chi connectivity index (χ4n) is 2.37. The number of benzene rings is 1. The smallest absolute Gasteiger partial charge is 0.123 e. The Hall–Kier alpha value is -1.26. The minimum absolute atomic E-state index is 0.173. The standard InChI is InChI=1S/C17H23FN2S/c1-12(2)19-10-15(14-4-7-16(18)8-5-14)6-9-17-13(3)20-11-21-17/h4-5,7-8,11-12,15,19H,6,9-10H2,1-3H3. The molecule has 0 amide bonds. The summed E-state index contributed by atoms with van der Waals surface area (Å²) < 4.78 is 13.1. The predicted molar refractivity (Wildman–Crippen MR) is 87.5 cm³/mol. The molecule has 114 valence electrons. The van der Waals surface area contributed by atoms with E-state index in [-0.39, 0.29) is 5.82 Å². The third-order valence-electron chi connectivity index (χ3n) is 3.68. The number of hydrogen-bond acceptors (Lipinski definition) is 3. The van der Waals surface area contributed by atoms with Gasteiger partial charge in [0.05, 0.1) is 11.2 Å². The normalized spacial score (nSPS) is 12.8. The molecule has 0 aliphatic heterocycles. The van der Waals surface area contributed by atoms with Gasteiger partial charge in [0.15, 0.2) is 0 Å². The lowest BCUT2D eigenvalue weighted by atomic mass is 9.93. The number of nitrogens with one attached hydrogen (secondary N) is 1. The van der Waals surface area contributed by atoms with E-state index < -0.39 is 0 Å². The van der Waals surface area contributed by atoms with E-state index in [1.807, 2.05) is 17.6 Å². The van der Waals surface area contributed by atoms with E-state index in [1.54, 1.807) is 23.5 Å². The quantitative estimate of drug-likeness (QED) is 0.824. The van der Waals surface area contributed by atoms with Crippen molar-refractivity contribution in [2.45, 2.75) is 45.6 Å². The molecule has 1 aromatic carbocycles. The molecular formula is C17H23FN2S. The van der Waals surface area contributed by atoms with Crippen LogP contribution in [0.2, 0.25) is 0 Å². The molecule has 2 rings (SSSR count). The molecule has 4 heteroatoms. The number of nitrogens with zero attached hydrogens (tertiary/aromatic N) is 1. The van der Waals surface area contributed by atoms with E-state index in [2.05, 4.69) is 31.1 Å². The molecule has 1 aromatic heterocycles. The molecule has 0 aliphatic carbocycles. The summed E-state index contributed by atoms with van der Waals surface area (Å²) in [5.41, 5.74) is 4.24. The number of aryl methyl sites for hydroxylation is 2. The lowest BCUT2D eigenvalue weighted by Gasteiger charge is -2.19. The SMILES string of the molecule is Cc1ncsc1CCC(CNC(C)C)c1ccc(F)cc1. The molecule has 21 heavy (non-hydrogen) atoms. The van der Waals surface area contributed by atoms with Gasteiger partial charge >= 0.3 is 0 Å². The zero-order valence-electron chi connectivity index (χ0n) is 12.9. The third-order valence-corrected chi connectivity index (χ3v) is 4.67. The maximum absolute atomic E-state index is 13.1. The number of thiazole rings is 1.